The molecule has 0 aromatic carbocycles. The van der Waals surface area contributed by atoms with Crippen molar-refractivity contribution in [2.75, 3.05) is 0 Å². The molecule has 96 valence electrons. The highest BCUT2D eigenvalue weighted by Gasteiger charge is 2.64. The lowest BCUT2D eigenvalue weighted by molar-refractivity contribution is -0.206. The quantitative estimate of drug-likeness (QED) is 0.660. The molecule has 3 atom stereocenters. The van der Waals surface area contributed by atoms with Gasteiger partial charge in [0.15, 0.2) is 0 Å². The maximum atomic E-state index is 12.1. The van der Waals surface area contributed by atoms with Crippen LogP contribution in [0.4, 0.5) is 0 Å². The lowest BCUT2D eigenvalue weighted by Crippen LogP contribution is -2.63. The SMILES string of the molecule is CC(=O)O[C@@H]1C[C@]2(C(C)(C)C)CCCC(=O)[C@H]12. The highest BCUT2D eigenvalue weighted by atomic mass is 16.5. The molecule has 3 heteroatoms. The van der Waals surface area contributed by atoms with Crippen LogP contribution in [-0.2, 0) is 14.3 Å². The highest BCUT2D eigenvalue weighted by Crippen LogP contribution is 2.63. The topological polar surface area (TPSA) is 43.4 Å². The molecule has 3 nitrogen and oxygen atoms in total. The molecule has 0 aromatic heterocycles. The van der Waals surface area contributed by atoms with E-state index in [0.29, 0.717) is 12.2 Å². The van der Waals surface area contributed by atoms with Crippen LogP contribution in [0.25, 0.3) is 0 Å². The van der Waals surface area contributed by atoms with Crippen LogP contribution >= 0.6 is 0 Å². The predicted molar refractivity (Wildman–Crippen MR) is 64.4 cm³/mol. The monoisotopic (exact) mass is 238 g/mol. The third-order valence-electron chi connectivity index (χ3n) is 4.74. The molecule has 0 amide bonds. The van der Waals surface area contributed by atoms with Gasteiger partial charge in [-0.3, -0.25) is 9.59 Å². The molecule has 0 aliphatic heterocycles. The average molecular weight is 238 g/mol. The molecule has 2 aliphatic rings. The first-order valence-corrected chi connectivity index (χ1v) is 6.48. The summed E-state index contributed by atoms with van der Waals surface area (Å²) in [6.07, 6.45) is 3.41. The van der Waals surface area contributed by atoms with Crippen molar-refractivity contribution in [3.63, 3.8) is 0 Å². The zero-order valence-corrected chi connectivity index (χ0v) is 11.2. The first-order chi connectivity index (χ1) is 7.78. The fourth-order valence-electron chi connectivity index (χ4n) is 3.78. The molecule has 2 rings (SSSR count). The first-order valence-electron chi connectivity index (χ1n) is 6.48. The smallest absolute Gasteiger partial charge is 0.302 e. The number of carbonyl (C=O) groups excluding carboxylic acids is 2. The molecule has 0 N–H and O–H groups in total. The van der Waals surface area contributed by atoms with Crippen molar-refractivity contribution in [1.29, 1.82) is 0 Å². The number of rotatable bonds is 1. The van der Waals surface area contributed by atoms with E-state index >= 15 is 0 Å². The van der Waals surface area contributed by atoms with Gasteiger partial charge in [-0.2, -0.15) is 0 Å². The van der Waals surface area contributed by atoms with Gasteiger partial charge in [0.1, 0.15) is 11.9 Å². The van der Waals surface area contributed by atoms with E-state index in [1.807, 2.05) is 0 Å². The highest BCUT2D eigenvalue weighted by molar-refractivity contribution is 5.85. The van der Waals surface area contributed by atoms with Gasteiger partial charge in [-0.25, -0.2) is 0 Å². The van der Waals surface area contributed by atoms with Crippen LogP contribution in [0, 0.1) is 16.7 Å². The summed E-state index contributed by atoms with van der Waals surface area (Å²) in [7, 11) is 0. The zero-order valence-electron chi connectivity index (χ0n) is 11.2. The molecular formula is C14H22O3. The fourth-order valence-corrected chi connectivity index (χ4v) is 3.78. The Bertz CT molecular complexity index is 353. The fraction of sp³-hybridized carbons (Fsp3) is 0.857. The number of ether oxygens (including phenoxy) is 1. The van der Waals surface area contributed by atoms with Crippen molar-refractivity contribution in [2.24, 2.45) is 16.7 Å². The third-order valence-corrected chi connectivity index (χ3v) is 4.74. The number of ketones is 1. The van der Waals surface area contributed by atoms with Crippen LogP contribution in [0.3, 0.4) is 0 Å². The Balaban J connectivity index is 2.23. The normalized spacial score (nSPS) is 37.1. The second-order valence-corrected chi connectivity index (χ2v) is 6.56. The van der Waals surface area contributed by atoms with Gasteiger partial charge < -0.3 is 4.74 Å². The van der Waals surface area contributed by atoms with Crippen LogP contribution in [-0.4, -0.2) is 17.9 Å². The van der Waals surface area contributed by atoms with Crippen molar-refractivity contribution < 1.29 is 14.3 Å². The predicted octanol–water partition coefficient (Wildman–Crippen LogP) is 2.72. The van der Waals surface area contributed by atoms with Crippen LogP contribution in [0.15, 0.2) is 0 Å². The van der Waals surface area contributed by atoms with Gasteiger partial charge >= 0.3 is 5.97 Å². The summed E-state index contributed by atoms with van der Waals surface area (Å²) in [6.45, 7) is 8.01. The largest absolute Gasteiger partial charge is 0.462 e. The van der Waals surface area contributed by atoms with E-state index in [1.54, 1.807) is 0 Å². The van der Waals surface area contributed by atoms with Crippen LogP contribution in [0.5, 0.6) is 0 Å². The van der Waals surface area contributed by atoms with Gasteiger partial charge in [-0.05, 0) is 30.1 Å². The maximum absolute atomic E-state index is 12.1. The third kappa shape index (κ3) is 1.80. The van der Waals surface area contributed by atoms with E-state index in [2.05, 4.69) is 20.8 Å². The lowest BCUT2D eigenvalue weighted by Gasteiger charge is -2.62. The standard InChI is InChI=1S/C14H22O3/c1-9(15)17-11-8-14(13(2,3)4)7-5-6-10(16)12(11)14/h11-12H,5-8H2,1-4H3/t11-,12-,14-/m1/s1. The minimum atomic E-state index is -0.268. The number of Topliss-reactive ketones (excluding diaryl/α,β-unsaturated/α-hetero) is 1. The molecule has 2 aliphatic carbocycles. The van der Waals surface area contributed by atoms with E-state index in [-0.39, 0.29) is 28.8 Å². The van der Waals surface area contributed by atoms with Gasteiger partial charge in [0.2, 0.25) is 0 Å². The molecule has 0 saturated heterocycles. The number of fused-ring (bicyclic) bond motifs is 1. The molecule has 0 spiro atoms. The number of hydrogen-bond acceptors (Lipinski definition) is 3. The number of hydrogen-bond donors (Lipinski definition) is 0. The van der Waals surface area contributed by atoms with E-state index in [0.717, 1.165) is 19.3 Å². The Morgan fingerprint density at radius 3 is 2.59 bits per heavy atom. The minimum absolute atomic E-state index is 0.0554. The van der Waals surface area contributed by atoms with E-state index in [9.17, 15) is 9.59 Å². The van der Waals surface area contributed by atoms with Gasteiger partial charge in [-0.15, -0.1) is 0 Å². The number of esters is 1. The lowest BCUT2D eigenvalue weighted by atomic mass is 9.43. The van der Waals surface area contributed by atoms with E-state index < -0.39 is 0 Å². The van der Waals surface area contributed by atoms with E-state index in [1.165, 1.54) is 6.92 Å². The molecule has 0 radical (unpaired) electrons. The minimum Gasteiger partial charge on any atom is -0.462 e. The summed E-state index contributed by atoms with van der Waals surface area (Å²) >= 11 is 0. The van der Waals surface area contributed by atoms with E-state index in [4.69, 9.17) is 4.74 Å². The molecule has 17 heavy (non-hydrogen) atoms. The van der Waals surface area contributed by atoms with Crippen molar-refractivity contribution in [3.05, 3.63) is 0 Å². The second kappa shape index (κ2) is 3.82. The summed E-state index contributed by atoms with van der Waals surface area (Å²) in [5.74, 6) is -0.0280. The summed E-state index contributed by atoms with van der Waals surface area (Å²) < 4.78 is 5.29. The van der Waals surface area contributed by atoms with Crippen molar-refractivity contribution in [3.8, 4) is 0 Å². The maximum Gasteiger partial charge on any atom is 0.302 e. The Kier molecular flexibility index (Phi) is 2.83. The Labute approximate surface area is 103 Å². The van der Waals surface area contributed by atoms with Crippen LogP contribution in [0.1, 0.15) is 53.4 Å². The first kappa shape index (κ1) is 12.6. The van der Waals surface area contributed by atoms with Gasteiger partial charge in [0.25, 0.3) is 0 Å². The molecule has 0 aromatic rings. The molecule has 0 bridgehead atoms. The van der Waals surface area contributed by atoms with Crippen molar-refractivity contribution in [1.82, 2.24) is 0 Å². The average Bonchev–Trinajstić information content (AvgIpc) is 2.10. The van der Waals surface area contributed by atoms with Crippen LogP contribution < -0.4 is 0 Å². The summed E-state index contributed by atoms with van der Waals surface area (Å²) in [5, 5.41) is 0. The van der Waals surface area contributed by atoms with Gasteiger partial charge in [-0.1, -0.05) is 20.8 Å². The molecule has 0 unspecified atom stereocenters. The zero-order chi connectivity index (χ0) is 12.8. The van der Waals surface area contributed by atoms with Gasteiger partial charge in [0, 0.05) is 13.3 Å². The Morgan fingerprint density at radius 2 is 2.06 bits per heavy atom. The summed E-state index contributed by atoms with van der Waals surface area (Å²) in [4.78, 5) is 23.2. The second-order valence-electron chi connectivity index (χ2n) is 6.56. The van der Waals surface area contributed by atoms with Crippen molar-refractivity contribution >= 4 is 11.8 Å². The van der Waals surface area contributed by atoms with Crippen molar-refractivity contribution in [2.45, 2.75) is 59.5 Å². The Hall–Kier alpha value is -0.860. The molecular weight excluding hydrogens is 216 g/mol. The number of carbonyl (C=O) groups is 2. The molecule has 0 heterocycles. The summed E-state index contributed by atoms with van der Waals surface area (Å²) in [5.41, 5.74) is 0.160. The van der Waals surface area contributed by atoms with Crippen LogP contribution in [0.2, 0.25) is 0 Å². The van der Waals surface area contributed by atoms with Gasteiger partial charge in [0.05, 0.1) is 5.92 Å². The molecule has 2 saturated carbocycles. The molecule has 2 fully saturated rings. The summed E-state index contributed by atoms with van der Waals surface area (Å²) in [6, 6.07) is 0. The Morgan fingerprint density at radius 1 is 1.41 bits per heavy atom.